The highest BCUT2D eigenvalue weighted by atomic mass is 16.3. The van der Waals surface area contributed by atoms with E-state index in [0.29, 0.717) is 0 Å². The summed E-state index contributed by atoms with van der Waals surface area (Å²) in [6.45, 7) is 0.834. The number of pyridine rings is 1. The molecule has 0 saturated carbocycles. The van der Waals surface area contributed by atoms with Crippen molar-refractivity contribution in [1.29, 1.82) is 0 Å². The van der Waals surface area contributed by atoms with Gasteiger partial charge in [-0.05, 0) is 23.3 Å². The fourth-order valence-electron chi connectivity index (χ4n) is 1.51. The van der Waals surface area contributed by atoms with Gasteiger partial charge in [-0.3, -0.25) is 4.98 Å². The fraction of sp³-hybridized carbons (Fsp3) is 0.154. The molecule has 2 rings (SSSR count). The number of nitrogens with zero attached hydrogens (tertiary/aromatic N) is 1. The van der Waals surface area contributed by atoms with Crippen molar-refractivity contribution in [2.75, 3.05) is 5.32 Å². The van der Waals surface area contributed by atoms with Gasteiger partial charge in [-0.1, -0.05) is 24.3 Å². The molecule has 0 bridgehead atoms. The average Bonchev–Trinajstić information content (AvgIpc) is 2.38. The molecule has 0 aliphatic heterocycles. The van der Waals surface area contributed by atoms with Gasteiger partial charge in [0.15, 0.2) is 0 Å². The Morgan fingerprint density at radius 2 is 1.81 bits per heavy atom. The Morgan fingerprint density at radius 1 is 1.06 bits per heavy atom. The van der Waals surface area contributed by atoms with Crippen molar-refractivity contribution >= 4 is 5.69 Å². The molecule has 0 unspecified atom stereocenters. The monoisotopic (exact) mass is 214 g/mol. The Hall–Kier alpha value is -1.87. The number of aromatic nitrogens is 1. The summed E-state index contributed by atoms with van der Waals surface area (Å²) >= 11 is 0. The molecule has 0 aliphatic carbocycles. The lowest BCUT2D eigenvalue weighted by Crippen LogP contribution is -1.99. The molecule has 3 heteroatoms. The molecule has 0 amide bonds. The van der Waals surface area contributed by atoms with Crippen LogP contribution in [-0.4, -0.2) is 10.1 Å². The number of nitrogens with one attached hydrogen (secondary N) is 1. The third-order valence-corrected chi connectivity index (χ3v) is 2.35. The molecule has 3 nitrogen and oxygen atoms in total. The lowest BCUT2D eigenvalue weighted by atomic mass is 10.1. The first kappa shape index (κ1) is 10.6. The van der Waals surface area contributed by atoms with E-state index in [4.69, 9.17) is 5.11 Å². The van der Waals surface area contributed by atoms with E-state index >= 15 is 0 Å². The van der Waals surface area contributed by atoms with Crippen LogP contribution < -0.4 is 5.32 Å². The van der Waals surface area contributed by atoms with E-state index in [1.807, 2.05) is 36.4 Å². The van der Waals surface area contributed by atoms with Gasteiger partial charge in [0.05, 0.1) is 6.61 Å². The number of aliphatic hydroxyl groups excluding tert-OH is 1. The molecule has 0 spiro atoms. The SMILES string of the molecule is OCc1cccc(CNc2ccncc2)c1. The maximum atomic E-state index is 9.02. The number of aliphatic hydroxyl groups is 1. The van der Waals surface area contributed by atoms with Gasteiger partial charge in [0.1, 0.15) is 0 Å². The van der Waals surface area contributed by atoms with Crippen molar-refractivity contribution in [2.24, 2.45) is 0 Å². The molecule has 2 N–H and O–H groups in total. The van der Waals surface area contributed by atoms with E-state index in [1.165, 1.54) is 0 Å². The Morgan fingerprint density at radius 3 is 2.56 bits per heavy atom. The normalized spacial score (nSPS) is 10.1. The maximum absolute atomic E-state index is 9.02. The van der Waals surface area contributed by atoms with Crippen LogP contribution >= 0.6 is 0 Å². The molecule has 1 aromatic heterocycles. The van der Waals surface area contributed by atoms with Crippen LogP contribution in [0.1, 0.15) is 11.1 Å². The lowest BCUT2D eigenvalue weighted by molar-refractivity contribution is 0.281. The Balaban J connectivity index is 1.99. The fourth-order valence-corrected chi connectivity index (χ4v) is 1.51. The summed E-state index contributed by atoms with van der Waals surface area (Å²) in [6.07, 6.45) is 3.51. The highest BCUT2D eigenvalue weighted by Gasteiger charge is 1.95. The summed E-state index contributed by atoms with van der Waals surface area (Å²) in [7, 11) is 0. The molecule has 0 aliphatic rings. The summed E-state index contributed by atoms with van der Waals surface area (Å²) in [4.78, 5) is 3.95. The Kier molecular flexibility index (Phi) is 3.51. The summed E-state index contributed by atoms with van der Waals surface area (Å²) < 4.78 is 0. The molecule has 1 aromatic carbocycles. The minimum atomic E-state index is 0.0864. The first-order valence-corrected chi connectivity index (χ1v) is 5.21. The van der Waals surface area contributed by atoms with Gasteiger partial charge in [-0.15, -0.1) is 0 Å². The van der Waals surface area contributed by atoms with Gasteiger partial charge in [0.25, 0.3) is 0 Å². The summed E-state index contributed by atoms with van der Waals surface area (Å²) in [6, 6.07) is 11.7. The van der Waals surface area contributed by atoms with Crippen molar-refractivity contribution in [3.05, 3.63) is 59.9 Å². The second kappa shape index (κ2) is 5.28. The molecule has 0 radical (unpaired) electrons. The topological polar surface area (TPSA) is 45.1 Å². The smallest absolute Gasteiger partial charge is 0.0681 e. The molecule has 82 valence electrons. The van der Waals surface area contributed by atoms with Gasteiger partial charge in [0, 0.05) is 24.6 Å². The lowest BCUT2D eigenvalue weighted by Gasteiger charge is -2.06. The zero-order valence-corrected chi connectivity index (χ0v) is 8.93. The van der Waals surface area contributed by atoms with Crippen LogP contribution in [0, 0.1) is 0 Å². The van der Waals surface area contributed by atoms with Crippen molar-refractivity contribution < 1.29 is 5.11 Å². The van der Waals surface area contributed by atoms with Gasteiger partial charge in [-0.2, -0.15) is 0 Å². The van der Waals surface area contributed by atoms with E-state index in [-0.39, 0.29) is 6.61 Å². The zero-order valence-electron chi connectivity index (χ0n) is 8.93. The largest absolute Gasteiger partial charge is 0.392 e. The third kappa shape index (κ3) is 2.81. The van der Waals surface area contributed by atoms with Gasteiger partial charge >= 0.3 is 0 Å². The predicted molar refractivity (Wildman–Crippen MR) is 63.9 cm³/mol. The second-order valence-corrected chi connectivity index (χ2v) is 3.57. The highest BCUT2D eigenvalue weighted by molar-refractivity contribution is 5.41. The summed E-state index contributed by atoms with van der Waals surface area (Å²) in [5.41, 5.74) is 3.14. The van der Waals surface area contributed by atoms with Crippen molar-refractivity contribution in [3.8, 4) is 0 Å². The van der Waals surface area contributed by atoms with Gasteiger partial charge < -0.3 is 10.4 Å². The van der Waals surface area contributed by atoms with Crippen LogP contribution in [0.3, 0.4) is 0 Å². The van der Waals surface area contributed by atoms with Gasteiger partial charge in [-0.25, -0.2) is 0 Å². The molecule has 0 saturated heterocycles. The van der Waals surface area contributed by atoms with Crippen LogP contribution in [0.5, 0.6) is 0 Å². The molecular formula is C13H14N2O. The number of benzene rings is 1. The molecular weight excluding hydrogens is 200 g/mol. The first-order chi connectivity index (χ1) is 7.88. The summed E-state index contributed by atoms with van der Waals surface area (Å²) in [5, 5.41) is 12.3. The quantitative estimate of drug-likeness (QED) is 0.820. The maximum Gasteiger partial charge on any atom is 0.0681 e. The van der Waals surface area contributed by atoms with E-state index in [0.717, 1.165) is 23.4 Å². The van der Waals surface area contributed by atoms with Gasteiger partial charge in [0.2, 0.25) is 0 Å². The molecule has 2 aromatic rings. The zero-order chi connectivity index (χ0) is 11.2. The number of anilines is 1. The number of hydrogen-bond acceptors (Lipinski definition) is 3. The Labute approximate surface area is 94.8 Å². The first-order valence-electron chi connectivity index (χ1n) is 5.21. The molecule has 0 atom stereocenters. The van der Waals surface area contributed by atoms with Crippen molar-refractivity contribution in [1.82, 2.24) is 4.98 Å². The number of hydrogen-bond donors (Lipinski definition) is 2. The third-order valence-electron chi connectivity index (χ3n) is 2.35. The number of rotatable bonds is 4. The Bertz CT molecular complexity index is 443. The van der Waals surface area contributed by atoms with Crippen LogP contribution in [0.15, 0.2) is 48.8 Å². The van der Waals surface area contributed by atoms with Crippen LogP contribution in [-0.2, 0) is 13.2 Å². The minimum Gasteiger partial charge on any atom is -0.392 e. The predicted octanol–water partition coefficient (Wildman–Crippen LogP) is 2.19. The molecule has 0 fully saturated rings. The second-order valence-electron chi connectivity index (χ2n) is 3.57. The minimum absolute atomic E-state index is 0.0864. The highest BCUT2D eigenvalue weighted by Crippen LogP contribution is 2.09. The van der Waals surface area contributed by atoms with E-state index in [9.17, 15) is 0 Å². The van der Waals surface area contributed by atoms with Crippen molar-refractivity contribution in [3.63, 3.8) is 0 Å². The standard InChI is InChI=1S/C13H14N2O/c16-10-12-3-1-2-11(8-12)9-15-13-4-6-14-7-5-13/h1-8,16H,9-10H2,(H,14,15). The van der Waals surface area contributed by atoms with E-state index < -0.39 is 0 Å². The van der Waals surface area contributed by atoms with Crippen LogP contribution in [0.25, 0.3) is 0 Å². The molecule has 1 heterocycles. The van der Waals surface area contributed by atoms with Crippen LogP contribution in [0.4, 0.5) is 5.69 Å². The summed E-state index contributed by atoms with van der Waals surface area (Å²) in [5.74, 6) is 0. The average molecular weight is 214 g/mol. The van der Waals surface area contributed by atoms with E-state index in [1.54, 1.807) is 12.4 Å². The van der Waals surface area contributed by atoms with Crippen molar-refractivity contribution in [2.45, 2.75) is 13.2 Å². The van der Waals surface area contributed by atoms with Crippen LogP contribution in [0.2, 0.25) is 0 Å². The van der Waals surface area contributed by atoms with E-state index in [2.05, 4.69) is 10.3 Å². The molecule has 16 heavy (non-hydrogen) atoms.